The van der Waals surface area contributed by atoms with Crippen molar-refractivity contribution in [1.82, 2.24) is 15.3 Å². The van der Waals surface area contributed by atoms with Gasteiger partial charge in [-0.2, -0.15) is 4.98 Å². The lowest BCUT2D eigenvalue weighted by atomic mass is 9.99. The molecule has 0 bridgehead atoms. The smallest absolute Gasteiger partial charge is 0.322 e. The van der Waals surface area contributed by atoms with E-state index >= 15 is 0 Å². The molecule has 0 unspecified atom stereocenters. The molecule has 1 heterocycles. The van der Waals surface area contributed by atoms with Crippen LogP contribution >= 0.6 is 0 Å². The molecule has 21 heavy (non-hydrogen) atoms. The number of aromatic nitrogens is 2. The fourth-order valence-corrected chi connectivity index (χ4v) is 1.62. The standard InChI is InChI=1S/C13H20N4O4/c1-8-7-9(21-4)15-11(14-8)16-12(20)17-13(2,3)6-5-10(18)19/h7H,5-6H2,1-4H3,(H,18,19)(H2,14,15,16,17,20). The zero-order chi connectivity index (χ0) is 16.0. The maximum Gasteiger partial charge on any atom is 0.322 e. The number of carboxylic acids is 1. The van der Waals surface area contributed by atoms with Crippen LogP contribution in [0.2, 0.25) is 0 Å². The maximum absolute atomic E-state index is 11.9. The van der Waals surface area contributed by atoms with Gasteiger partial charge in [0.2, 0.25) is 11.8 Å². The summed E-state index contributed by atoms with van der Waals surface area (Å²) in [4.78, 5) is 30.5. The Kier molecular flexibility index (Phi) is 5.45. The normalized spacial score (nSPS) is 10.9. The van der Waals surface area contributed by atoms with Gasteiger partial charge in [-0.1, -0.05) is 0 Å². The first-order valence-electron chi connectivity index (χ1n) is 6.42. The van der Waals surface area contributed by atoms with E-state index in [1.807, 2.05) is 0 Å². The first-order chi connectivity index (χ1) is 9.71. The van der Waals surface area contributed by atoms with Gasteiger partial charge in [0.15, 0.2) is 0 Å². The minimum atomic E-state index is -0.906. The SMILES string of the molecule is COc1cc(C)nc(NC(=O)NC(C)(C)CCC(=O)O)n1. The summed E-state index contributed by atoms with van der Waals surface area (Å²) < 4.78 is 4.99. The van der Waals surface area contributed by atoms with Gasteiger partial charge in [0.1, 0.15) is 0 Å². The van der Waals surface area contributed by atoms with Crippen molar-refractivity contribution in [3.05, 3.63) is 11.8 Å². The number of aryl methyl sites for hydroxylation is 1. The van der Waals surface area contributed by atoms with Crippen molar-refractivity contribution < 1.29 is 19.4 Å². The molecule has 0 aliphatic rings. The predicted molar refractivity (Wildman–Crippen MR) is 76.4 cm³/mol. The largest absolute Gasteiger partial charge is 0.481 e. The highest BCUT2D eigenvalue weighted by atomic mass is 16.5. The van der Waals surface area contributed by atoms with E-state index < -0.39 is 17.5 Å². The third-order valence-corrected chi connectivity index (χ3v) is 2.68. The number of methoxy groups -OCH3 is 1. The molecule has 0 atom stereocenters. The highest BCUT2D eigenvalue weighted by Crippen LogP contribution is 2.13. The third kappa shape index (κ3) is 6.07. The number of rotatable bonds is 6. The Morgan fingerprint density at radius 3 is 2.62 bits per heavy atom. The number of carbonyl (C=O) groups is 2. The lowest BCUT2D eigenvalue weighted by molar-refractivity contribution is -0.137. The van der Waals surface area contributed by atoms with E-state index in [0.29, 0.717) is 18.0 Å². The zero-order valence-corrected chi connectivity index (χ0v) is 12.6. The number of carboxylic acid groups (broad SMARTS) is 1. The number of aliphatic carboxylic acids is 1. The van der Waals surface area contributed by atoms with Crippen molar-refractivity contribution >= 4 is 17.9 Å². The molecular weight excluding hydrogens is 276 g/mol. The minimum absolute atomic E-state index is 0.0257. The van der Waals surface area contributed by atoms with Crippen molar-refractivity contribution in [2.45, 2.75) is 39.2 Å². The quantitative estimate of drug-likeness (QED) is 0.734. The molecule has 1 aromatic rings. The van der Waals surface area contributed by atoms with Crippen molar-refractivity contribution in [3.63, 3.8) is 0 Å². The van der Waals surface area contributed by atoms with Crippen molar-refractivity contribution in [2.24, 2.45) is 0 Å². The molecule has 0 radical (unpaired) electrons. The van der Waals surface area contributed by atoms with Crippen LogP contribution in [0.15, 0.2) is 6.07 Å². The monoisotopic (exact) mass is 296 g/mol. The van der Waals surface area contributed by atoms with Crippen LogP contribution < -0.4 is 15.4 Å². The van der Waals surface area contributed by atoms with E-state index in [4.69, 9.17) is 9.84 Å². The third-order valence-electron chi connectivity index (χ3n) is 2.68. The molecule has 0 aromatic carbocycles. The molecule has 0 aliphatic heterocycles. The van der Waals surface area contributed by atoms with Crippen LogP contribution in [0, 0.1) is 6.92 Å². The van der Waals surface area contributed by atoms with Crippen molar-refractivity contribution in [2.75, 3.05) is 12.4 Å². The lowest BCUT2D eigenvalue weighted by Gasteiger charge is -2.25. The van der Waals surface area contributed by atoms with Gasteiger partial charge in [0.25, 0.3) is 0 Å². The van der Waals surface area contributed by atoms with Crippen LogP contribution in [0.3, 0.4) is 0 Å². The summed E-state index contributed by atoms with van der Waals surface area (Å²) in [5, 5.41) is 13.9. The molecule has 0 aliphatic carbocycles. The van der Waals surface area contributed by atoms with Crippen LogP contribution in [0.5, 0.6) is 5.88 Å². The van der Waals surface area contributed by atoms with Gasteiger partial charge in [-0.25, -0.2) is 9.78 Å². The molecule has 8 nitrogen and oxygen atoms in total. The van der Waals surface area contributed by atoms with Gasteiger partial charge in [0.05, 0.1) is 7.11 Å². The Balaban J connectivity index is 2.64. The highest BCUT2D eigenvalue weighted by molar-refractivity contribution is 5.88. The number of nitrogens with one attached hydrogen (secondary N) is 2. The predicted octanol–water partition coefficient (Wildman–Crippen LogP) is 1.56. The number of hydrogen-bond acceptors (Lipinski definition) is 5. The van der Waals surface area contributed by atoms with Gasteiger partial charge in [-0.05, 0) is 27.2 Å². The molecule has 1 aromatic heterocycles. The van der Waals surface area contributed by atoms with Crippen LogP contribution in [0.1, 0.15) is 32.4 Å². The fraction of sp³-hybridized carbons (Fsp3) is 0.538. The Morgan fingerprint density at radius 2 is 2.05 bits per heavy atom. The van der Waals surface area contributed by atoms with Gasteiger partial charge in [-0.3, -0.25) is 10.1 Å². The van der Waals surface area contributed by atoms with E-state index in [9.17, 15) is 9.59 Å². The van der Waals surface area contributed by atoms with Gasteiger partial charge >= 0.3 is 12.0 Å². The molecule has 8 heteroatoms. The minimum Gasteiger partial charge on any atom is -0.481 e. The number of nitrogens with zero attached hydrogens (tertiary/aromatic N) is 2. The molecule has 0 saturated carbocycles. The van der Waals surface area contributed by atoms with Crippen LogP contribution in [0.4, 0.5) is 10.7 Å². The molecule has 1 rings (SSSR count). The number of amides is 2. The van der Waals surface area contributed by atoms with Gasteiger partial charge < -0.3 is 15.2 Å². The number of hydrogen-bond donors (Lipinski definition) is 3. The van der Waals surface area contributed by atoms with E-state index in [-0.39, 0.29) is 12.4 Å². The average molecular weight is 296 g/mol. The number of ether oxygens (including phenoxy) is 1. The highest BCUT2D eigenvalue weighted by Gasteiger charge is 2.22. The molecule has 3 N–H and O–H groups in total. The second-order valence-corrected chi connectivity index (χ2v) is 5.23. The van der Waals surface area contributed by atoms with E-state index in [1.54, 1.807) is 26.8 Å². The number of urea groups is 1. The molecule has 116 valence electrons. The van der Waals surface area contributed by atoms with Crippen LogP contribution in [-0.4, -0.2) is 39.7 Å². The van der Waals surface area contributed by atoms with Gasteiger partial charge in [0, 0.05) is 23.7 Å². The first-order valence-corrected chi connectivity index (χ1v) is 6.42. The summed E-state index contributed by atoms with van der Waals surface area (Å²) in [6, 6.07) is 1.14. The Bertz CT molecular complexity index is 531. The molecule has 0 spiro atoms. The van der Waals surface area contributed by atoms with E-state index in [2.05, 4.69) is 20.6 Å². The van der Waals surface area contributed by atoms with Crippen molar-refractivity contribution in [3.8, 4) is 5.88 Å². The summed E-state index contributed by atoms with van der Waals surface area (Å²) in [6.45, 7) is 5.24. The Hall–Kier alpha value is -2.38. The lowest BCUT2D eigenvalue weighted by Crippen LogP contribution is -2.46. The van der Waals surface area contributed by atoms with Crippen LogP contribution in [-0.2, 0) is 4.79 Å². The summed E-state index contributed by atoms with van der Waals surface area (Å²) in [5.41, 5.74) is -0.00147. The molecule has 0 fully saturated rings. The Morgan fingerprint density at radius 1 is 1.38 bits per heavy atom. The zero-order valence-electron chi connectivity index (χ0n) is 12.6. The second kappa shape index (κ2) is 6.87. The first kappa shape index (κ1) is 16.7. The van der Waals surface area contributed by atoms with Gasteiger partial charge in [-0.15, -0.1) is 0 Å². The van der Waals surface area contributed by atoms with E-state index in [1.165, 1.54) is 7.11 Å². The molecular formula is C13H20N4O4. The summed E-state index contributed by atoms with van der Waals surface area (Å²) in [7, 11) is 1.47. The summed E-state index contributed by atoms with van der Waals surface area (Å²) >= 11 is 0. The van der Waals surface area contributed by atoms with E-state index in [0.717, 1.165) is 0 Å². The second-order valence-electron chi connectivity index (χ2n) is 5.23. The fourth-order valence-electron chi connectivity index (χ4n) is 1.62. The number of anilines is 1. The van der Waals surface area contributed by atoms with Crippen LogP contribution in [0.25, 0.3) is 0 Å². The topological polar surface area (TPSA) is 113 Å². The summed E-state index contributed by atoms with van der Waals surface area (Å²) in [6.07, 6.45) is 0.287. The molecule has 0 saturated heterocycles. The maximum atomic E-state index is 11.9. The molecule has 2 amide bonds. The number of carbonyl (C=O) groups excluding carboxylic acids is 1. The average Bonchev–Trinajstić information content (AvgIpc) is 2.34. The summed E-state index contributed by atoms with van der Waals surface area (Å²) in [5.74, 6) is -0.432. The Labute approximate surface area is 122 Å². The van der Waals surface area contributed by atoms with Crippen molar-refractivity contribution in [1.29, 1.82) is 0 Å².